The topological polar surface area (TPSA) is 64.9 Å². The number of hydrazone groups is 1. The molecule has 1 saturated carbocycles. The summed E-state index contributed by atoms with van der Waals surface area (Å²) >= 11 is 0. The molecule has 21 heavy (non-hydrogen) atoms. The molecule has 1 aliphatic carbocycles. The summed E-state index contributed by atoms with van der Waals surface area (Å²) in [4.78, 5) is 13.6. The van der Waals surface area contributed by atoms with Crippen LogP contribution in [0.25, 0.3) is 0 Å². The highest BCUT2D eigenvalue weighted by molar-refractivity contribution is 5.85. The lowest BCUT2D eigenvalue weighted by Crippen LogP contribution is -2.26. The quantitative estimate of drug-likeness (QED) is 0.593. The highest BCUT2D eigenvalue weighted by atomic mass is 16.3. The van der Waals surface area contributed by atoms with Crippen LogP contribution in [-0.2, 0) is 4.79 Å². The van der Waals surface area contributed by atoms with Crippen molar-refractivity contribution in [2.24, 2.45) is 11.0 Å². The lowest BCUT2D eigenvalue weighted by Gasteiger charge is -2.22. The molecule has 1 aromatic carbocycles. The van der Waals surface area contributed by atoms with E-state index in [1.165, 1.54) is 0 Å². The van der Waals surface area contributed by atoms with E-state index in [9.17, 15) is 4.79 Å². The van der Waals surface area contributed by atoms with Crippen LogP contribution >= 0.6 is 0 Å². The number of hydrogen-bond acceptors (Lipinski definition) is 4. The van der Waals surface area contributed by atoms with Crippen molar-refractivity contribution in [1.82, 2.24) is 5.43 Å². The number of aryl methyl sites for hydroxylation is 1. The summed E-state index contributed by atoms with van der Waals surface area (Å²) in [5.41, 5.74) is 5.73. The summed E-state index contributed by atoms with van der Waals surface area (Å²) in [6, 6.07) is 6.07. The van der Waals surface area contributed by atoms with Crippen molar-refractivity contribution in [1.29, 1.82) is 0 Å². The van der Waals surface area contributed by atoms with E-state index in [0.29, 0.717) is 6.54 Å². The molecule has 0 bridgehead atoms. The third-order valence-corrected chi connectivity index (χ3v) is 3.70. The fraction of sp³-hybridized carbons (Fsp3) is 0.500. The molecule has 1 fully saturated rings. The Morgan fingerprint density at radius 2 is 2.29 bits per heavy atom. The molecule has 0 atom stereocenters. The first-order valence-electron chi connectivity index (χ1n) is 7.45. The van der Waals surface area contributed by atoms with Crippen molar-refractivity contribution in [2.45, 2.75) is 26.7 Å². The van der Waals surface area contributed by atoms with E-state index >= 15 is 0 Å². The first kappa shape index (κ1) is 15.5. The van der Waals surface area contributed by atoms with Gasteiger partial charge in [0.05, 0.1) is 12.8 Å². The lowest BCUT2D eigenvalue weighted by atomic mass is 10.1. The van der Waals surface area contributed by atoms with Gasteiger partial charge in [0.15, 0.2) is 0 Å². The predicted octanol–water partition coefficient (Wildman–Crippen LogP) is 1.67. The van der Waals surface area contributed by atoms with Gasteiger partial charge < -0.3 is 10.0 Å². The van der Waals surface area contributed by atoms with Crippen LogP contribution in [0.2, 0.25) is 0 Å². The van der Waals surface area contributed by atoms with E-state index in [4.69, 9.17) is 5.11 Å². The Morgan fingerprint density at radius 1 is 1.52 bits per heavy atom. The van der Waals surface area contributed by atoms with Crippen LogP contribution in [0, 0.1) is 12.8 Å². The molecular formula is C16H23N3O2. The predicted molar refractivity (Wildman–Crippen MR) is 84.6 cm³/mol. The minimum absolute atomic E-state index is 0.0145. The SMILES string of the molecule is CCN(CCO)c1ccc(/C=N\NC(=O)C2CC2)c(C)c1. The largest absolute Gasteiger partial charge is 0.395 e. The molecule has 0 heterocycles. The fourth-order valence-electron chi connectivity index (χ4n) is 2.19. The summed E-state index contributed by atoms with van der Waals surface area (Å²) in [7, 11) is 0. The van der Waals surface area contributed by atoms with E-state index in [1.807, 2.05) is 19.1 Å². The Bertz CT molecular complexity index is 524. The van der Waals surface area contributed by atoms with Gasteiger partial charge in [-0.05, 0) is 49.9 Å². The number of carbonyl (C=O) groups is 1. The van der Waals surface area contributed by atoms with Gasteiger partial charge in [0.2, 0.25) is 5.91 Å². The normalized spacial score (nSPS) is 14.4. The molecule has 0 aromatic heterocycles. The molecule has 5 nitrogen and oxygen atoms in total. The number of aliphatic hydroxyl groups is 1. The number of aliphatic hydroxyl groups excluding tert-OH is 1. The maximum Gasteiger partial charge on any atom is 0.243 e. The number of carbonyl (C=O) groups excluding carboxylic acids is 1. The van der Waals surface area contributed by atoms with Crippen molar-refractivity contribution < 1.29 is 9.90 Å². The maximum absolute atomic E-state index is 11.5. The zero-order chi connectivity index (χ0) is 15.2. The second-order valence-corrected chi connectivity index (χ2v) is 5.35. The van der Waals surface area contributed by atoms with Crippen LogP contribution in [0.3, 0.4) is 0 Å². The minimum atomic E-state index is 0.0145. The van der Waals surface area contributed by atoms with Crippen LogP contribution in [0.1, 0.15) is 30.9 Å². The number of amides is 1. The van der Waals surface area contributed by atoms with E-state index in [2.05, 4.69) is 28.4 Å². The van der Waals surface area contributed by atoms with E-state index in [0.717, 1.165) is 36.2 Å². The first-order chi connectivity index (χ1) is 10.2. The average Bonchev–Trinajstić information content (AvgIpc) is 3.31. The number of nitrogens with one attached hydrogen (secondary N) is 1. The van der Waals surface area contributed by atoms with Gasteiger partial charge >= 0.3 is 0 Å². The van der Waals surface area contributed by atoms with Gasteiger partial charge in [0.25, 0.3) is 0 Å². The Morgan fingerprint density at radius 3 is 2.86 bits per heavy atom. The van der Waals surface area contributed by atoms with Crippen molar-refractivity contribution in [3.05, 3.63) is 29.3 Å². The van der Waals surface area contributed by atoms with Crippen LogP contribution in [0.5, 0.6) is 0 Å². The number of nitrogens with zero attached hydrogens (tertiary/aromatic N) is 2. The summed E-state index contributed by atoms with van der Waals surface area (Å²) < 4.78 is 0. The third-order valence-electron chi connectivity index (χ3n) is 3.70. The summed E-state index contributed by atoms with van der Waals surface area (Å²) in [6.07, 6.45) is 3.64. The molecule has 0 saturated heterocycles. The third kappa shape index (κ3) is 4.29. The molecule has 5 heteroatoms. The van der Waals surface area contributed by atoms with Gasteiger partial charge in [0, 0.05) is 24.7 Å². The summed E-state index contributed by atoms with van der Waals surface area (Å²) in [5, 5.41) is 13.1. The molecule has 0 radical (unpaired) electrons. The van der Waals surface area contributed by atoms with E-state index in [1.54, 1.807) is 6.21 Å². The van der Waals surface area contributed by atoms with Crippen molar-refractivity contribution in [3.63, 3.8) is 0 Å². The average molecular weight is 289 g/mol. The molecule has 0 aliphatic heterocycles. The first-order valence-corrected chi connectivity index (χ1v) is 7.45. The molecule has 1 aliphatic rings. The highest BCUT2D eigenvalue weighted by Crippen LogP contribution is 2.28. The minimum Gasteiger partial charge on any atom is -0.395 e. The van der Waals surface area contributed by atoms with Crippen molar-refractivity contribution >= 4 is 17.8 Å². The van der Waals surface area contributed by atoms with Gasteiger partial charge in [0.1, 0.15) is 0 Å². The molecule has 2 N–H and O–H groups in total. The monoisotopic (exact) mass is 289 g/mol. The Labute approximate surface area is 125 Å². The van der Waals surface area contributed by atoms with Crippen LogP contribution in [-0.4, -0.2) is 36.9 Å². The van der Waals surface area contributed by atoms with Gasteiger partial charge in [-0.15, -0.1) is 0 Å². The van der Waals surface area contributed by atoms with Crippen LogP contribution in [0.15, 0.2) is 23.3 Å². The molecule has 0 unspecified atom stereocenters. The Balaban J connectivity index is 2.00. The lowest BCUT2D eigenvalue weighted by molar-refractivity contribution is -0.122. The molecule has 1 amide bonds. The number of benzene rings is 1. The fourth-order valence-corrected chi connectivity index (χ4v) is 2.19. The molecule has 0 spiro atoms. The number of rotatable bonds is 7. The van der Waals surface area contributed by atoms with Crippen molar-refractivity contribution in [2.75, 3.05) is 24.6 Å². The second kappa shape index (κ2) is 7.22. The molecular weight excluding hydrogens is 266 g/mol. The Kier molecular flexibility index (Phi) is 5.33. The van der Waals surface area contributed by atoms with E-state index < -0.39 is 0 Å². The Hall–Kier alpha value is -1.88. The zero-order valence-electron chi connectivity index (χ0n) is 12.7. The van der Waals surface area contributed by atoms with Gasteiger partial charge in [-0.1, -0.05) is 6.07 Å². The smallest absolute Gasteiger partial charge is 0.243 e. The maximum atomic E-state index is 11.5. The van der Waals surface area contributed by atoms with Gasteiger partial charge in [-0.25, -0.2) is 5.43 Å². The molecule has 2 rings (SSSR count). The highest BCUT2D eigenvalue weighted by Gasteiger charge is 2.29. The number of anilines is 1. The summed E-state index contributed by atoms with van der Waals surface area (Å²) in [6.45, 7) is 5.70. The van der Waals surface area contributed by atoms with Gasteiger partial charge in [-0.2, -0.15) is 5.10 Å². The number of likely N-dealkylation sites (N-methyl/N-ethyl adjacent to an activating group) is 1. The zero-order valence-corrected chi connectivity index (χ0v) is 12.7. The number of hydrogen-bond donors (Lipinski definition) is 2. The van der Waals surface area contributed by atoms with Gasteiger partial charge in [-0.3, -0.25) is 4.79 Å². The van der Waals surface area contributed by atoms with E-state index in [-0.39, 0.29) is 18.4 Å². The second-order valence-electron chi connectivity index (χ2n) is 5.35. The summed E-state index contributed by atoms with van der Waals surface area (Å²) in [5.74, 6) is 0.183. The van der Waals surface area contributed by atoms with Crippen LogP contribution < -0.4 is 10.3 Å². The van der Waals surface area contributed by atoms with Crippen molar-refractivity contribution in [3.8, 4) is 0 Å². The molecule has 1 aromatic rings. The molecule has 114 valence electrons. The standard InChI is InChI=1S/C16H23N3O2/c1-3-19(8-9-20)15-7-6-14(12(2)10-15)11-17-18-16(21)13-4-5-13/h6-7,10-11,13,20H,3-5,8-9H2,1-2H3,(H,18,21)/b17-11-. The van der Waals surface area contributed by atoms with Crippen LogP contribution in [0.4, 0.5) is 5.69 Å².